The summed E-state index contributed by atoms with van der Waals surface area (Å²) in [7, 11) is 0. The Kier molecular flexibility index (Phi) is 6.00. The third-order valence-electron chi connectivity index (χ3n) is 2.10. The molecule has 1 aromatic carbocycles. The molecule has 0 aliphatic carbocycles. The lowest BCUT2D eigenvalue weighted by Gasteiger charge is -2.10. The summed E-state index contributed by atoms with van der Waals surface area (Å²) < 4.78 is 1.70. The second-order valence-corrected chi connectivity index (χ2v) is 6.40. The molecule has 1 rings (SSSR count). The van der Waals surface area contributed by atoms with E-state index < -0.39 is 0 Å². The fraction of sp³-hybridized carbons (Fsp3) is 0.364. The number of benzene rings is 1. The van der Waals surface area contributed by atoms with E-state index in [-0.39, 0.29) is 5.91 Å². The van der Waals surface area contributed by atoms with Gasteiger partial charge in [-0.1, -0.05) is 38.8 Å². The van der Waals surface area contributed by atoms with Crippen molar-refractivity contribution in [3.63, 3.8) is 0 Å². The number of halogens is 3. The molecule has 2 nitrogen and oxygen atoms in total. The number of carbonyl (C=O) groups excluding carboxylic acids is 1. The Hall–Kier alpha value is 0.130. The summed E-state index contributed by atoms with van der Waals surface area (Å²) in [5, 5.41) is 2.88. The monoisotopic (exact) mass is 411 g/mol. The summed E-state index contributed by atoms with van der Waals surface area (Å²) in [5.41, 5.74) is 0.644. The van der Waals surface area contributed by atoms with Gasteiger partial charge in [0.2, 0.25) is 0 Å². The molecule has 0 heterocycles. The van der Waals surface area contributed by atoms with Gasteiger partial charge in [0.1, 0.15) is 0 Å². The number of alkyl halides is 1. The number of amides is 1. The van der Waals surface area contributed by atoms with Crippen LogP contribution in [0.3, 0.4) is 0 Å². The minimum absolute atomic E-state index is 0.0638. The van der Waals surface area contributed by atoms with Gasteiger partial charge in [-0.2, -0.15) is 0 Å². The third kappa shape index (κ3) is 4.18. The lowest BCUT2D eigenvalue weighted by atomic mass is 10.2. The van der Waals surface area contributed by atoms with Crippen LogP contribution >= 0.6 is 47.8 Å². The zero-order valence-electron chi connectivity index (χ0n) is 8.77. The van der Waals surface area contributed by atoms with Crippen molar-refractivity contribution in [2.75, 3.05) is 6.54 Å². The van der Waals surface area contributed by atoms with Crippen molar-refractivity contribution in [2.24, 2.45) is 0 Å². The largest absolute Gasteiger partial charge is 0.351 e. The molecule has 1 amide bonds. The highest BCUT2D eigenvalue weighted by Gasteiger charge is 2.11. The lowest BCUT2D eigenvalue weighted by Crippen LogP contribution is -2.29. The van der Waals surface area contributed by atoms with Crippen LogP contribution in [0.15, 0.2) is 27.1 Å². The van der Waals surface area contributed by atoms with Crippen LogP contribution in [-0.2, 0) is 0 Å². The van der Waals surface area contributed by atoms with Crippen LogP contribution in [0.1, 0.15) is 23.7 Å². The Morgan fingerprint density at radius 3 is 2.75 bits per heavy atom. The van der Waals surface area contributed by atoms with Crippen LogP contribution in [0.2, 0.25) is 0 Å². The summed E-state index contributed by atoms with van der Waals surface area (Å²) in [6, 6.07) is 5.54. The van der Waals surface area contributed by atoms with Gasteiger partial charge in [0.15, 0.2) is 0 Å². The van der Waals surface area contributed by atoms with Crippen molar-refractivity contribution in [1.82, 2.24) is 5.32 Å². The first-order valence-corrected chi connectivity index (χ1v) is 7.42. The zero-order chi connectivity index (χ0) is 12.1. The standard InChI is InChI=1S/C11H12Br3NO/c1-2-7(12)6-15-11(16)9-5-8(13)3-4-10(9)14/h3-5,7H,2,6H2,1H3,(H,15,16). The first kappa shape index (κ1) is 14.2. The van der Waals surface area contributed by atoms with Crippen molar-refractivity contribution in [3.05, 3.63) is 32.7 Å². The highest BCUT2D eigenvalue weighted by Crippen LogP contribution is 2.21. The van der Waals surface area contributed by atoms with E-state index in [1.54, 1.807) is 6.07 Å². The Labute approximate surface area is 121 Å². The maximum Gasteiger partial charge on any atom is 0.252 e. The Balaban J connectivity index is 2.69. The minimum Gasteiger partial charge on any atom is -0.351 e. The van der Waals surface area contributed by atoms with Gasteiger partial charge >= 0.3 is 0 Å². The molecule has 1 N–H and O–H groups in total. The molecule has 0 bridgehead atoms. The summed E-state index contributed by atoms with van der Waals surface area (Å²) in [6.45, 7) is 2.70. The fourth-order valence-electron chi connectivity index (χ4n) is 1.11. The minimum atomic E-state index is -0.0638. The topological polar surface area (TPSA) is 29.1 Å². The lowest BCUT2D eigenvalue weighted by molar-refractivity contribution is 0.0953. The van der Waals surface area contributed by atoms with E-state index in [0.29, 0.717) is 16.9 Å². The van der Waals surface area contributed by atoms with Crippen LogP contribution in [-0.4, -0.2) is 17.3 Å². The Bertz CT molecular complexity index is 381. The number of hydrogen-bond donors (Lipinski definition) is 1. The van der Waals surface area contributed by atoms with Gasteiger partial charge in [0, 0.05) is 20.3 Å². The molecule has 0 aliphatic rings. The normalized spacial score (nSPS) is 12.2. The highest BCUT2D eigenvalue weighted by molar-refractivity contribution is 9.11. The van der Waals surface area contributed by atoms with Crippen molar-refractivity contribution >= 4 is 53.7 Å². The fourth-order valence-corrected chi connectivity index (χ4v) is 2.06. The molecule has 0 saturated carbocycles. The average molecular weight is 414 g/mol. The molecule has 0 spiro atoms. The first-order chi connectivity index (χ1) is 7.54. The van der Waals surface area contributed by atoms with Crippen molar-refractivity contribution in [2.45, 2.75) is 18.2 Å². The molecule has 0 aliphatic heterocycles. The second kappa shape index (κ2) is 6.77. The highest BCUT2D eigenvalue weighted by atomic mass is 79.9. The molecule has 0 saturated heterocycles. The van der Waals surface area contributed by atoms with Crippen LogP contribution in [0.25, 0.3) is 0 Å². The smallest absolute Gasteiger partial charge is 0.252 e. The predicted molar refractivity (Wildman–Crippen MR) is 77.2 cm³/mol. The molecular formula is C11H12Br3NO. The van der Waals surface area contributed by atoms with E-state index >= 15 is 0 Å². The maximum atomic E-state index is 11.9. The van der Waals surface area contributed by atoms with E-state index in [4.69, 9.17) is 0 Å². The van der Waals surface area contributed by atoms with E-state index in [0.717, 1.165) is 15.4 Å². The van der Waals surface area contributed by atoms with Gasteiger partial charge in [0.05, 0.1) is 5.56 Å². The molecule has 0 fully saturated rings. The molecule has 1 aromatic rings. The molecule has 5 heteroatoms. The van der Waals surface area contributed by atoms with Crippen molar-refractivity contribution < 1.29 is 4.79 Å². The van der Waals surface area contributed by atoms with Crippen LogP contribution in [0, 0.1) is 0 Å². The maximum absolute atomic E-state index is 11.9. The Morgan fingerprint density at radius 2 is 2.12 bits per heavy atom. The van der Waals surface area contributed by atoms with Crippen molar-refractivity contribution in [1.29, 1.82) is 0 Å². The predicted octanol–water partition coefficient (Wildman–Crippen LogP) is 4.11. The average Bonchev–Trinajstić information content (AvgIpc) is 2.28. The second-order valence-electron chi connectivity index (χ2n) is 3.34. The Morgan fingerprint density at radius 1 is 1.44 bits per heavy atom. The van der Waals surface area contributed by atoms with E-state index in [9.17, 15) is 4.79 Å². The number of nitrogens with one attached hydrogen (secondary N) is 1. The summed E-state index contributed by atoms with van der Waals surface area (Å²) >= 11 is 10.2. The zero-order valence-corrected chi connectivity index (χ0v) is 13.5. The van der Waals surface area contributed by atoms with E-state index in [2.05, 4.69) is 60.0 Å². The number of carbonyl (C=O) groups is 1. The van der Waals surface area contributed by atoms with Gasteiger partial charge in [-0.25, -0.2) is 0 Å². The molecule has 1 unspecified atom stereocenters. The van der Waals surface area contributed by atoms with Crippen LogP contribution in [0.5, 0.6) is 0 Å². The molecule has 0 radical (unpaired) electrons. The number of hydrogen-bond acceptors (Lipinski definition) is 1. The van der Waals surface area contributed by atoms with Crippen LogP contribution in [0.4, 0.5) is 0 Å². The SMILES string of the molecule is CCC(Br)CNC(=O)c1cc(Br)ccc1Br. The van der Waals surface area contributed by atoms with Gasteiger partial charge < -0.3 is 5.32 Å². The summed E-state index contributed by atoms with van der Waals surface area (Å²) in [6.07, 6.45) is 0.986. The molecule has 16 heavy (non-hydrogen) atoms. The summed E-state index contributed by atoms with van der Waals surface area (Å²) in [4.78, 5) is 12.2. The number of rotatable bonds is 4. The first-order valence-electron chi connectivity index (χ1n) is 4.92. The van der Waals surface area contributed by atoms with Gasteiger partial charge in [-0.05, 0) is 40.5 Å². The van der Waals surface area contributed by atoms with Gasteiger partial charge in [0.25, 0.3) is 5.91 Å². The van der Waals surface area contributed by atoms with Gasteiger partial charge in [-0.15, -0.1) is 0 Å². The molecular weight excluding hydrogens is 402 g/mol. The van der Waals surface area contributed by atoms with E-state index in [1.165, 1.54) is 0 Å². The molecule has 1 atom stereocenters. The van der Waals surface area contributed by atoms with E-state index in [1.807, 2.05) is 12.1 Å². The molecule has 88 valence electrons. The third-order valence-corrected chi connectivity index (χ3v) is 4.26. The van der Waals surface area contributed by atoms with Crippen molar-refractivity contribution in [3.8, 4) is 0 Å². The van der Waals surface area contributed by atoms with Gasteiger partial charge in [-0.3, -0.25) is 4.79 Å². The summed E-state index contributed by atoms with van der Waals surface area (Å²) in [5.74, 6) is -0.0638. The quantitative estimate of drug-likeness (QED) is 0.739. The molecule has 0 aromatic heterocycles. The van der Waals surface area contributed by atoms with Crippen LogP contribution < -0.4 is 5.32 Å².